The SMILES string of the molecule is O=C(N[C@@H]1c2ccccc2C[C@@H]1O)Oc1nn(-c2ccc(Cl)cc2Cl)c2c1CCCC[C@@H]2Cc1cccc(Cl)c1. The molecular weight excluding hydrogens is 569 g/mol. The third kappa shape index (κ3) is 5.46. The van der Waals surface area contributed by atoms with Gasteiger partial charge in [-0.1, -0.05) is 77.6 Å². The van der Waals surface area contributed by atoms with Crippen molar-refractivity contribution in [2.75, 3.05) is 0 Å². The molecule has 1 amide bonds. The average Bonchev–Trinajstić information content (AvgIpc) is 3.33. The first-order valence-corrected chi connectivity index (χ1v) is 14.6. The summed E-state index contributed by atoms with van der Waals surface area (Å²) in [7, 11) is 0. The lowest BCUT2D eigenvalue weighted by molar-refractivity contribution is 0.132. The van der Waals surface area contributed by atoms with Crippen LogP contribution in [0.2, 0.25) is 15.1 Å². The molecule has 0 unspecified atom stereocenters. The zero-order chi connectivity index (χ0) is 27.8. The van der Waals surface area contributed by atoms with Gasteiger partial charge in [0, 0.05) is 27.9 Å². The lowest BCUT2D eigenvalue weighted by atomic mass is 9.91. The molecule has 9 heteroatoms. The van der Waals surface area contributed by atoms with Crippen molar-refractivity contribution in [2.24, 2.45) is 0 Å². The summed E-state index contributed by atoms with van der Waals surface area (Å²) in [4.78, 5) is 13.2. The lowest BCUT2D eigenvalue weighted by Crippen LogP contribution is -2.36. The molecule has 6 nitrogen and oxygen atoms in total. The van der Waals surface area contributed by atoms with Crippen molar-refractivity contribution >= 4 is 40.9 Å². The molecule has 1 aromatic heterocycles. The van der Waals surface area contributed by atoms with E-state index in [-0.39, 0.29) is 11.8 Å². The molecule has 2 aliphatic rings. The highest BCUT2D eigenvalue weighted by Crippen LogP contribution is 2.41. The predicted molar refractivity (Wildman–Crippen MR) is 157 cm³/mol. The van der Waals surface area contributed by atoms with Crippen LogP contribution in [0.1, 0.15) is 59.2 Å². The number of carbonyl (C=O) groups excluding carboxylic acids is 1. The molecule has 0 spiro atoms. The Morgan fingerprint density at radius 3 is 2.67 bits per heavy atom. The third-order valence-corrected chi connectivity index (χ3v) is 8.55. The van der Waals surface area contributed by atoms with Gasteiger partial charge in [-0.05, 0) is 72.7 Å². The highest BCUT2D eigenvalue weighted by Gasteiger charge is 2.34. The van der Waals surface area contributed by atoms with Gasteiger partial charge in [0.2, 0.25) is 5.88 Å². The number of benzene rings is 3. The van der Waals surface area contributed by atoms with Gasteiger partial charge >= 0.3 is 6.09 Å². The summed E-state index contributed by atoms with van der Waals surface area (Å²) in [5.41, 5.74) is 5.55. The number of hydrogen-bond acceptors (Lipinski definition) is 4. The Balaban J connectivity index is 1.37. The van der Waals surface area contributed by atoms with Crippen LogP contribution in [-0.2, 0) is 19.3 Å². The number of nitrogens with one attached hydrogen (secondary N) is 1. The molecule has 0 saturated carbocycles. The Bertz CT molecular complexity index is 1570. The fraction of sp³-hybridized carbons (Fsp3) is 0.290. The van der Waals surface area contributed by atoms with Gasteiger partial charge in [-0.15, -0.1) is 5.10 Å². The summed E-state index contributed by atoms with van der Waals surface area (Å²) in [6.45, 7) is 0. The van der Waals surface area contributed by atoms with Crippen LogP contribution in [0.3, 0.4) is 0 Å². The van der Waals surface area contributed by atoms with E-state index in [9.17, 15) is 9.90 Å². The fourth-order valence-electron chi connectivity index (χ4n) is 5.98. The van der Waals surface area contributed by atoms with E-state index in [0.717, 1.165) is 53.6 Å². The van der Waals surface area contributed by atoms with Crippen molar-refractivity contribution in [1.82, 2.24) is 15.1 Å². The van der Waals surface area contributed by atoms with Crippen LogP contribution in [0.5, 0.6) is 5.88 Å². The summed E-state index contributed by atoms with van der Waals surface area (Å²) in [5, 5.41) is 20.0. The number of carbonyl (C=O) groups is 1. The molecule has 206 valence electrons. The molecule has 3 aromatic carbocycles. The Kier molecular flexibility index (Phi) is 7.78. The molecule has 0 radical (unpaired) electrons. The number of rotatable bonds is 5. The summed E-state index contributed by atoms with van der Waals surface area (Å²) >= 11 is 19.2. The average molecular weight is 597 g/mol. The van der Waals surface area contributed by atoms with E-state index in [4.69, 9.17) is 44.6 Å². The standard InChI is InChI=1S/C31H28Cl3N3O3/c32-21-9-5-6-18(15-21)14-20-8-2-4-11-24-29(20)37(26-13-12-22(33)17-25(26)34)36-30(24)40-31(39)35-28-23-10-3-1-7-19(23)16-27(28)38/h1,3,5-7,9-10,12-13,15,17,20,27-28,38H,2,4,8,11,14,16H2,(H,35,39)/t20-,27+,28-/m1/s1. The number of aliphatic hydroxyl groups is 1. The Morgan fingerprint density at radius 1 is 1.02 bits per heavy atom. The van der Waals surface area contributed by atoms with Crippen LogP contribution in [0, 0.1) is 0 Å². The maximum Gasteiger partial charge on any atom is 0.414 e. The number of aromatic nitrogens is 2. The minimum Gasteiger partial charge on any atom is -0.390 e. The third-order valence-electron chi connectivity index (χ3n) is 7.78. The first kappa shape index (κ1) is 27.2. The second-order valence-corrected chi connectivity index (χ2v) is 11.7. The maximum atomic E-state index is 13.2. The molecule has 6 rings (SSSR count). The first-order valence-electron chi connectivity index (χ1n) is 13.4. The zero-order valence-corrected chi connectivity index (χ0v) is 23.9. The maximum absolute atomic E-state index is 13.2. The molecule has 0 aliphatic heterocycles. The molecule has 2 N–H and O–H groups in total. The number of fused-ring (bicyclic) bond motifs is 2. The molecular formula is C31H28Cl3N3O3. The normalized spacial score (nSPS) is 19.9. The number of nitrogens with zero attached hydrogens (tertiary/aromatic N) is 2. The summed E-state index contributed by atoms with van der Waals surface area (Å²) in [6.07, 6.45) is 3.45. The molecule has 0 saturated heterocycles. The quantitative estimate of drug-likeness (QED) is 0.232. The smallest absolute Gasteiger partial charge is 0.390 e. The molecule has 2 aliphatic carbocycles. The van der Waals surface area contributed by atoms with Crippen molar-refractivity contribution in [3.63, 3.8) is 0 Å². The van der Waals surface area contributed by atoms with E-state index < -0.39 is 18.2 Å². The number of aliphatic hydroxyl groups excluding tert-OH is 1. The number of hydrogen-bond donors (Lipinski definition) is 2. The van der Waals surface area contributed by atoms with Gasteiger partial charge in [0.1, 0.15) is 0 Å². The lowest BCUT2D eigenvalue weighted by Gasteiger charge is -2.19. The molecule has 0 fully saturated rings. The fourth-order valence-corrected chi connectivity index (χ4v) is 6.69. The van der Waals surface area contributed by atoms with Crippen LogP contribution in [0.4, 0.5) is 4.79 Å². The minimum absolute atomic E-state index is 0.0964. The van der Waals surface area contributed by atoms with E-state index in [0.29, 0.717) is 33.6 Å². The van der Waals surface area contributed by atoms with Crippen LogP contribution in [0.25, 0.3) is 5.69 Å². The molecule has 40 heavy (non-hydrogen) atoms. The second kappa shape index (κ2) is 11.5. The van der Waals surface area contributed by atoms with Gasteiger partial charge in [-0.25, -0.2) is 9.48 Å². The first-order chi connectivity index (χ1) is 19.4. The van der Waals surface area contributed by atoms with E-state index >= 15 is 0 Å². The Hall–Kier alpha value is -3.03. The van der Waals surface area contributed by atoms with E-state index in [2.05, 4.69) is 11.4 Å². The summed E-state index contributed by atoms with van der Waals surface area (Å²) in [5.74, 6) is 0.344. The zero-order valence-electron chi connectivity index (χ0n) is 21.6. The second-order valence-electron chi connectivity index (χ2n) is 10.4. The predicted octanol–water partition coefficient (Wildman–Crippen LogP) is 7.63. The van der Waals surface area contributed by atoms with Gasteiger partial charge in [0.25, 0.3) is 0 Å². The largest absolute Gasteiger partial charge is 0.414 e. The monoisotopic (exact) mass is 595 g/mol. The van der Waals surface area contributed by atoms with Crippen molar-refractivity contribution in [1.29, 1.82) is 0 Å². The summed E-state index contributed by atoms with van der Waals surface area (Å²) in [6, 6.07) is 20.3. The number of amides is 1. The van der Waals surface area contributed by atoms with Gasteiger partial charge in [-0.2, -0.15) is 0 Å². The molecule has 4 aromatic rings. The summed E-state index contributed by atoms with van der Waals surface area (Å²) < 4.78 is 7.70. The van der Waals surface area contributed by atoms with E-state index in [1.807, 2.05) is 48.5 Å². The molecule has 0 bridgehead atoms. The van der Waals surface area contributed by atoms with Crippen LogP contribution in [-0.4, -0.2) is 27.1 Å². The van der Waals surface area contributed by atoms with Crippen LogP contribution < -0.4 is 10.1 Å². The van der Waals surface area contributed by atoms with Crippen molar-refractivity contribution in [3.8, 4) is 11.6 Å². The van der Waals surface area contributed by atoms with Crippen molar-refractivity contribution in [2.45, 2.75) is 56.6 Å². The highest BCUT2D eigenvalue weighted by atomic mass is 35.5. The Labute approximate surface area is 247 Å². The highest BCUT2D eigenvalue weighted by molar-refractivity contribution is 6.35. The topological polar surface area (TPSA) is 76.4 Å². The van der Waals surface area contributed by atoms with Gasteiger partial charge in [-0.3, -0.25) is 0 Å². The van der Waals surface area contributed by atoms with Crippen molar-refractivity contribution < 1.29 is 14.6 Å². The van der Waals surface area contributed by atoms with Gasteiger partial charge in [0.05, 0.1) is 28.5 Å². The van der Waals surface area contributed by atoms with E-state index in [1.165, 1.54) is 0 Å². The van der Waals surface area contributed by atoms with Crippen LogP contribution >= 0.6 is 34.8 Å². The van der Waals surface area contributed by atoms with Gasteiger partial charge < -0.3 is 15.2 Å². The molecule has 1 heterocycles. The van der Waals surface area contributed by atoms with Gasteiger partial charge in [0.15, 0.2) is 0 Å². The molecule has 3 atom stereocenters. The number of halogens is 3. The number of ether oxygens (including phenoxy) is 1. The van der Waals surface area contributed by atoms with Crippen molar-refractivity contribution in [3.05, 3.63) is 110 Å². The van der Waals surface area contributed by atoms with Crippen LogP contribution in [0.15, 0.2) is 66.7 Å². The Morgan fingerprint density at radius 2 is 1.85 bits per heavy atom. The van der Waals surface area contributed by atoms with E-state index in [1.54, 1.807) is 16.8 Å². The minimum atomic E-state index is -0.727.